The second-order valence-corrected chi connectivity index (χ2v) is 18.6. The standard InChI is InChI=1S/C39H64/c1-25(27-23-29(35(5,6)7)32(38(14,15)16)30(24-27)36(8,9)10)22-26-20-21-28(34(2,3)4)33(39(17,18)19)31(26)37(11,12)13/h20-21,23-25H,22H2,1-19H3. The molecule has 0 nitrogen and oxygen atoms in total. The molecule has 0 aromatic heterocycles. The van der Waals surface area contributed by atoms with Crippen LogP contribution in [0.2, 0.25) is 0 Å². The molecule has 2 aromatic carbocycles. The lowest BCUT2D eigenvalue weighted by Gasteiger charge is -2.39. The van der Waals surface area contributed by atoms with Crippen LogP contribution in [0.5, 0.6) is 0 Å². The highest BCUT2D eigenvalue weighted by molar-refractivity contribution is 5.53. The van der Waals surface area contributed by atoms with Crippen molar-refractivity contribution < 1.29 is 0 Å². The van der Waals surface area contributed by atoms with Gasteiger partial charge in [0.15, 0.2) is 0 Å². The lowest BCUT2D eigenvalue weighted by Crippen LogP contribution is -2.30. The van der Waals surface area contributed by atoms with Crippen LogP contribution in [-0.2, 0) is 38.9 Å². The molecule has 39 heavy (non-hydrogen) atoms. The summed E-state index contributed by atoms with van der Waals surface area (Å²) in [5.74, 6) is 0.427. The van der Waals surface area contributed by atoms with Gasteiger partial charge in [0, 0.05) is 0 Å². The highest BCUT2D eigenvalue weighted by atomic mass is 14.4. The van der Waals surface area contributed by atoms with Crippen molar-refractivity contribution in [3.63, 3.8) is 0 Å². The normalized spacial score (nSPS) is 15.1. The quantitative estimate of drug-likeness (QED) is 0.369. The first-order chi connectivity index (χ1) is 17.1. The summed E-state index contributed by atoms with van der Waals surface area (Å²) in [6, 6.07) is 10.0. The molecular formula is C39H64. The van der Waals surface area contributed by atoms with Crippen molar-refractivity contribution in [2.45, 2.75) is 176 Å². The van der Waals surface area contributed by atoms with Crippen LogP contribution in [0.4, 0.5) is 0 Å². The van der Waals surface area contributed by atoms with Crippen molar-refractivity contribution in [1.82, 2.24) is 0 Å². The molecule has 220 valence electrons. The summed E-state index contributed by atoms with van der Waals surface area (Å²) >= 11 is 0. The summed E-state index contributed by atoms with van der Waals surface area (Å²) in [6.07, 6.45) is 1.06. The van der Waals surface area contributed by atoms with Crippen molar-refractivity contribution in [3.8, 4) is 0 Å². The maximum atomic E-state index is 2.56. The largest absolute Gasteiger partial charge is 0.0584 e. The third-order valence-electron chi connectivity index (χ3n) is 8.22. The third-order valence-corrected chi connectivity index (χ3v) is 8.22. The van der Waals surface area contributed by atoms with E-state index >= 15 is 0 Å². The van der Waals surface area contributed by atoms with Crippen LogP contribution in [0.15, 0.2) is 24.3 Å². The van der Waals surface area contributed by atoms with Gasteiger partial charge in [-0.25, -0.2) is 0 Å². The molecule has 0 N–H and O–H groups in total. The zero-order valence-electron chi connectivity index (χ0n) is 29.6. The number of hydrogen-bond acceptors (Lipinski definition) is 0. The van der Waals surface area contributed by atoms with Crippen molar-refractivity contribution in [2.75, 3.05) is 0 Å². The average molecular weight is 533 g/mol. The van der Waals surface area contributed by atoms with Gasteiger partial charge in [-0.3, -0.25) is 0 Å². The lowest BCUT2D eigenvalue weighted by molar-refractivity contribution is 0.490. The van der Waals surface area contributed by atoms with E-state index in [1.54, 1.807) is 16.7 Å². The molecule has 0 aliphatic rings. The first-order valence-electron chi connectivity index (χ1n) is 15.4. The van der Waals surface area contributed by atoms with E-state index in [0.717, 1.165) is 6.42 Å². The lowest BCUT2D eigenvalue weighted by atomic mass is 9.66. The Bertz CT molecular complexity index is 1120. The molecule has 0 aliphatic heterocycles. The minimum absolute atomic E-state index is 0.0716. The molecule has 2 rings (SSSR count). The fourth-order valence-corrected chi connectivity index (χ4v) is 6.46. The maximum absolute atomic E-state index is 2.56. The molecule has 2 aromatic rings. The fourth-order valence-electron chi connectivity index (χ4n) is 6.46. The van der Waals surface area contributed by atoms with Crippen LogP contribution in [-0.4, -0.2) is 0 Å². The van der Waals surface area contributed by atoms with E-state index in [0.29, 0.717) is 5.92 Å². The maximum Gasteiger partial charge on any atom is -0.0126 e. The predicted molar refractivity (Wildman–Crippen MR) is 177 cm³/mol. The molecule has 0 heteroatoms. The van der Waals surface area contributed by atoms with Gasteiger partial charge in [0.05, 0.1) is 0 Å². The summed E-state index contributed by atoms with van der Waals surface area (Å²) in [5.41, 5.74) is 12.7. The Morgan fingerprint density at radius 2 is 0.795 bits per heavy atom. The molecule has 0 saturated carbocycles. The molecule has 0 spiro atoms. The summed E-state index contributed by atoms with van der Waals surface area (Å²) in [6.45, 7) is 45.4. The van der Waals surface area contributed by atoms with Gasteiger partial charge >= 0.3 is 0 Å². The third kappa shape index (κ3) is 7.59. The van der Waals surface area contributed by atoms with E-state index in [9.17, 15) is 0 Å². The summed E-state index contributed by atoms with van der Waals surface area (Å²) in [7, 11) is 0. The SMILES string of the molecule is CC(Cc1ccc(C(C)(C)C)c(C(C)(C)C)c1C(C)(C)C)c1cc(C(C)(C)C)c(C(C)(C)C)c(C(C)(C)C)c1. The second kappa shape index (κ2) is 10.4. The minimum atomic E-state index is 0.0716. The Morgan fingerprint density at radius 1 is 0.436 bits per heavy atom. The zero-order chi connectivity index (χ0) is 30.7. The van der Waals surface area contributed by atoms with Gasteiger partial charge in [0.2, 0.25) is 0 Å². The molecule has 0 heterocycles. The molecule has 0 aliphatic carbocycles. The van der Waals surface area contributed by atoms with E-state index in [4.69, 9.17) is 0 Å². The molecule has 1 atom stereocenters. The first kappa shape index (κ1) is 33.6. The molecule has 0 bridgehead atoms. The smallest absolute Gasteiger partial charge is 0.0126 e. The van der Waals surface area contributed by atoms with Crippen molar-refractivity contribution in [1.29, 1.82) is 0 Å². The molecular weight excluding hydrogens is 468 g/mol. The van der Waals surface area contributed by atoms with E-state index < -0.39 is 0 Å². The Kier molecular flexibility index (Phi) is 8.94. The molecule has 1 unspecified atom stereocenters. The topological polar surface area (TPSA) is 0 Å². The summed E-state index contributed by atoms with van der Waals surface area (Å²) < 4.78 is 0. The number of hydrogen-bond donors (Lipinski definition) is 0. The van der Waals surface area contributed by atoms with E-state index in [1.807, 2.05) is 0 Å². The summed E-state index contributed by atoms with van der Waals surface area (Å²) in [5, 5.41) is 0. The number of benzene rings is 2. The predicted octanol–water partition coefficient (Wildman–Crippen LogP) is 11.8. The minimum Gasteiger partial charge on any atom is -0.0584 e. The van der Waals surface area contributed by atoms with Crippen molar-refractivity contribution >= 4 is 0 Å². The Hall–Kier alpha value is -1.56. The van der Waals surface area contributed by atoms with Gasteiger partial charge in [-0.1, -0.05) is 156 Å². The van der Waals surface area contributed by atoms with Crippen LogP contribution in [0.3, 0.4) is 0 Å². The molecule has 0 fully saturated rings. The van der Waals surface area contributed by atoms with Gasteiger partial charge in [0.25, 0.3) is 0 Å². The molecule has 0 radical (unpaired) electrons. The zero-order valence-corrected chi connectivity index (χ0v) is 29.6. The first-order valence-corrected chi connectivity index (χ1v) is 15.4. The summed E-state index contributed by atoms with van der Waals surface area (Å²) in [4.78, 5) is 0. The highest BCUT2D eigenvalue weighted by Crippen LogP contribution is 2.45. The molecule has 0 saturated heterocycles. The Labute approximate surface area is 244 Å². The van der Waals surface area contributed by atoms with Gasteiger partial charge in [-0.2, -0.15) is 0 Å². The second-order valence-electron chi connectivity index (χ2n) is 18.6. The average Bonchev–Trinajstić information content (AvgIpc) is 2.68. The Balaban J connectivity index is 2.88. The fraction of sp³-hybridized carbons (Fsp3) is 0.692. The Morgan fingerprint density at radius 3 is 1.10 bits per heavy atom. The van der Waals surface area contributed by atoms with Crippen LogP contribution in [0.25, 0.3) is 0 Å². The van der Waals surface area contributed by atoms with Gasteiger partial charge in [-0.15, -0.1) is 0 Å². The van der Waals surface area contributed by atoms with E-state index in [-0.39, 0.29) is 32.5 Å². The van der Waals surface area contributed by atoms with Crippen LogP contribution in [0, 0.1) is 0 Å². The van der Waals surface area contributed by atoms with Crippen LogP contribution < -0.4 is 0 Å². The van der Waals surface area contributed by atoms with Crippen LogP contribution in [0.1, 0.15) is 182 Å². The van der Waals surface area contributed by atoms with Crippen molar-refractivity contribution in [3.05, 3.63) is 68.8 Å². The van der Waals surface area contributed by atoms with E-state index in [1.165, 1.54) is 27.8 Å². The number of rotatable bonds is 3. The van der Waals surface area contributed by atoms with Gasteiger partial charge in [0.1, 0.15) is 0 Å². The monoisotopic (exact) mass is 533 g/mol. The molecule has 0 amide bonds. The van der Waals surface area contributed by atoms with Crippen LogP contribution >= 0.6 is 0 Å². The van der Waals surface area contributed by atoms with Gasteiger partial charge < -0.3 is 0 Å². The van der Waals surface area contributed by atoms with Crippen molar-refractivity contribution in [2.24, 2.45) is 0 Å². The highest BCUT2D eigenvalue weighted by Gasteiger charge is 2.35. The van der Waals surface area contributed by atoms with E-state index in [2.05, 4.69) is 156 Å². The van der Waals surface area contributed by atoms with Gasteiger partial charge in [-0.05, 0) is 89.3 Å².